The van der Waals surface area contributed by atoms with E-state index < -0.39 is 0 Å². The normalized spacial score (nSPS) is 27.7. The van der Waals surface area contributed by atoms with Crippen molar-refractivity contribution < 1.29 is 4.74 Å². The minimum absolute atomic E-state index is 0. The van der Waals surface area contributed by atoms with Gasteiger partial charge < -0.3 is 15.4 Å². The molecule has 2 aliphatic carbocycles. The summed E-state index contributed by atoms with van der Waals surface area (Å²) in [5, 5.41) is 6.83. The number of nitrogens with one attached hydrogen (secondary N) is 2. The number of hydrogen-bond acceptors (Lipinski definition) is 2. The lowest BCUT2D eigenvalue weighted by Gasteiger charge is -2.41. The first kappa shape index (κ1) is 17.3. The fraction of sp³-hybridized carbons (Fsp3) is 0.938. The van der Waals surface area contributed by atoms with Crippen LogP contribution in [0.4, 0.5) is 0 Å². The maximum Gasteiger partial charge on any atom is 0.191 e. The predicted molar refractivity (Wildman–Crippen MR) is 97.4 cm³/mol. The van der Waals surface area contributed by atoms with Gasteiger partial charge in [0.05, 0.1) is 6.10 Å². The van der Waals surface area contributed by atoms with Crippen molar-refractivity contribution in [1.82, 2.24) is 10.6 Å². The molecular weight excluding hydrogens is 377 g/mol. The number of hydrogen-bond donors (Lipinski definition) is 2. The maximum atomic E-state index is 5.66. The Labute approximate surface area is 145 Å². The van der Waals surface area contributed by atoms with Crippen molar-refractivity contribution in [1.29, 1.82) is 0 Å². The highest BCUT2D eigenvalue weighted by molar-refractivity contribution is 14.0. The van der Waals surface area contributed by atoms with Crippen molar-refractivity contribution in [2.45, 2.75) is 58.0 Å². The summed E-state index contributed by atoms with van der Waals surface area (Å²) in [6.45, 7) is 5.88. The van der Waals surface area contributed by atoms with Crippen LogP contribution >= 0.6 is 24.0 Å². The Kier molecular flexibility index (Phi) is 6.59. The summed E-state index contributed by atoms with van der Waals surface area (Å²) >= 11 is 0. The van der Waals surface area contributed by atoms with Gasteiger partial charge in [0, 0.05) is 26.2 Å². The molecule has 1 unspecified atom stereocenters. The minimum Gasteiger partial charge on any atom is -0.376 e. The van der Waals surface area contributed by atoms with Crippen LogP contribution in [0.3, 0.4) is 0 Å². The molecule has 122 valence electrons. The Morgan fingerprint density at radius 2 is 2.00 bits per heavy atom. The molecule has 0 aromatic rings. The van der Waals surface area contributed by atoms with E-state index in [1.165, 1.54) is 44.9 Å². The van der Waals surface area contributed by atoms with E-state index in [-0.39, 0.29) is 24.0 Å². The lowest BCUT2D eigenvalue weighted by atomic mass is 9.65. The highest BCUT2D eigenvalue weighted by atomic mass is 127. The van der Waals surface area contributed by atoms with Crippen LogP contribution in [0.5, 0.6) is 0 Å². The van der Waals surface area contributed by atoms with Crippen molar-refractivity contribution in [2.24, 2.45) is 16.3 Å². The fourth-order valence-corrected chi connectivity index (χ4v) is 3.62. The van der Waals surface area contributed by atoms with Crippen molar-refractivity contribution in [3.05, 3.63) is 0 Å². The third kappa shape index (κ3) is 4.47. The number of aliphatic imine (C=N–C) groups is 1. The van der Waals surface area contributed by atoms with Gasteiger partial charge in [-0.05, 0) is 56.8 Å². The molecule has 3 rings (SSSR count). The quantitative estimate of drug-likeness (QED) is 0.404. The molecule has 0 aromatic heterocycles. The Hall–Kier alpha value is -0.0400. The van der Waals surface area contributed by atoms with Crippen molar-refractivity contribution >= 4 is 29.9 Å². The summed E-state index contributed by atoms with van der Waals surface area (Å²) in [7, 11) is 0. The van der Waals surface area contributed by atoms with Gasteiger partial charge >= 0.3 is 0 Å². The van der Waals surface area contributed by atoms with Crippen molar-refractivity contribution in [3.8, 4) is 0 Å². The molecule has 5 heteroatoms. The van der Waals surface area contributed by atoms with E-state index in [0.29, 0.717) is 11.5 Å². The van der Waals surface area contributed by atoms with Crippen LogP contribution in [0.25, 0.3) is 0 Å². The SMILES string of the molecule is CCNC(=NCC1(C2CC2)CCC1)NCC1CCCO1.I. The fourth-order valence-electron chi connectivity index (χ4n) is 3.62. The van der Waals surface area contributed by atoms with E-state index in [4.69, 9.17) is 9.73 Å². The average molecular weight is 407 g/mol. The Morgan fingerprint density at radius 3 is 2.52 bits per heavy atom. The maximum absolute atomic E-state index is 5.66. The molecule has 1 atom stereocenters. The summed E-state index contributed by atoms with van der Waals surface area (Å²) in [5.41, 5.74) is 0.562. The molecule has 21 heavy (non-hydrogen) atoms. The third-order valence-corrected chi connectivity index (χ3v) is 5.21. The second-order valence-corrected chi connectivity index (χ2v) is 6.70. The summed E-state index contributed by atoms with van der Waals surface area (Å²) in [5.74, 6) is 1.95. The third-order valence-electron chi connectivity index (χ3n) is 5.21. The average Bonchev–Trinajstić information content (AvgIpc) is 3.11. The van der Waals surface area contributed by atoms with Gasteiger partial charge in [0.1, 0.15) is 0 Å². The number of guanidine groups is 1. The first-order chi connectivity index (χ1) is 9.82. The standard InChI is InChI=1S/C16H29N3O.HI/c1-2-17-15(18-11-14-5-3-10-20-14)19-12-16(8-4-9-16)13-6-7-13;/h13-14H,2-12H2,1H3,(H2,17,18,19);1H. The van der Waals surface area contributed by atoms with Crippen LogP contribution < -0.4 is 10.6 Å². The van der Waals surface area contributed by atoms with E-state index >= 15 is 0 Å². The molecule has 0 radical (unpaired) electrons. The first-order valence-corrected chi connectivity index (χ1v) is 8.46. The van der Waals surface area contributed by atoms with E-state index in [0.717, 1.165) is 38.1 Å². The summed E-state index contributed by atoms with van der Waals surface area (Å²) in [6.07, 6.45) is 9.83. The summed E-state index contributed by atoms with van der Waals surface area (Å²) in [4.78, 5) is 4.87. The summed E-state index contributed by atoms with van der Waals surface area (Å²) < 4.78 is 5.66. The molecule has 0 spiro atoms. The van der Waals surface area contributed by atoms with Crippen LogP contribution in [0.2, 0.25) is 0 Å². The first-order valence-electron chi connectivity index (χ1n) is 8.46. The van der Waals surface area contributed by atoms with Crippen LogP contribution in [-0.2, 0) is 4.74 Å². The van der Waals surface area contributed by atoms with Gasteiger partial charge in [-0.15, -0.1) is 24.0 Å². The van der Waals surface area contributed by atoms with Gasteiger partial charge in [-0.2, -0.15) is 0 Å². The van der Waals surface area contributed by atoms with Gasteiger partial charge in [0.15, 0.2) is 5.96 Å². The topological polar surface area (TPSA) is 45.7 Å². The molecule has 0 aromatic carbocycles. The van der Waals surface area contributed by atoms with Gasteiger partial charge in [-0.25, -0.2) is 0 Å². The van der Waals surface area contributed by atoms with Gasteiger partial charge in [-0.1, -0.05) is 6.42 Å². The molecule has 1 heterocycles. The predicted octanol–water partition coefficient (Wildman–Crippen LogP) is 2.92. The number of rotatable bonds is 6. The second kappa shape index (κ2) is 7.99. The zero-order chi connectivity index (χ0) is 13.8. The number of nitrogens with zero attached hydrogens (tertiary/aromatic N) is 1. The summed E-state index contributed by atoms with van der Waals surface area (Å²) in [6, 6.07) is 0. The lowest BCUT2D eigenvalue weighted by molar-refractivity contribution is 0.111. The van der Waals surface area contributed by atoms with Crippen LogP contribution in [0.15, 0.2) is 4.99 Å². The van der Waals surface area contributed by atoms with Crippen LogP contribution in [-0.4, -0.2) is 38.3 Å². The molecule has 4 nitrogen and oxygen atoms in total. The molecular formula is C16H30IN3O. The Morgan fingerprint density at radius 1 is 1.19 bits per heavy atom. The molecule has 1 aliphatic heterocycles. The van der Waals surface area contributed by atoms with E-state index in [1.54, 1.807) is 0 Å². The highest BCUT2D eigenvalue weighted by Crippen LogP contribution is 2.57. The highest BCUT2D eigenvalue weighted by Gasteiger charge is 2.48. The zero-order valence-electron chi connectivity index (χ0n) is 13.2. The van der Waals surface area contributed by atoms with Crippen LogP contribution in [0.1, 0.15) is 51.9 Å². The number of ether oxygens (including phenoxy) is 1. The molecule has 1 saturated heterocycles. The monoisotopic (exact) mass is 407 g/mol. The largest absolute Gasteiger partial charge is 0.376 e. The molecule has 2 saturated carbocycles. The van der Waals surface area contributed by atoms with Crippen molar-refractivity contribution in [3.63, 3.8) is 0 Å². The zero-order valence-corrected chi connectivity index (χ0v) is 15.5. The number of halogens is 1. The van der Waals surface area contributed by atoms with E-state index in [1.807, 2.05) is 0 Å². The Bertz CT molecular complexity index is 347. The van der Waals surface area contributed by atoms with Gasteiger partial charge in [0.2, 0.25) is 0 Å². The molecule has 3 fully saturated rings. The van der Waals surface area contributed by atoms with Gasteiger partial charge in [-0.3, -0.25) is 4.99 Å². The van der Waals surface area contributed by atoms with E-state index in [2.05, 4.69) is 17.6 Å². The second-order valence-electron chi connectivity index (χ2n) is 6.70. The lowest BCUT2D eigenvalue weighted by Crippen LogP contribution is -2.43. The molecule has 2 N–H and O–H groups in total. The van der Waals surface area contributed by atoms with Crippen LogP contribution in [0, 0.1) is 11.3 Å². The van der Waals surface area contributed by atoms with E-state index in [9.17, 15) is 0 Å². The molecule has 0 amide bonds. The van der Waals surface area contributed by atoms with Gasteiger partial charge in [0.25, 0.3) is 0 Å². The molecule has 3 aliphatic rings. The molecule has 0 bridgehead atoms. The van der Waals surface area contributed by atoms with Crippen molar-refractivity contribution in [2.75, 3.05) is 26.2 Å². The Balaban J connectivity index is 0.00000161. The smallest absolute Gasteiger partial charge is 0.191 e. The minimum atomic E-state index is 0.